The number of nitrogens with zero attached hydrogens (tertiary/aromatic N) is 2. The van der Waals surface area contributed by atoms with Gasteiger partial charge in [-0.15, -0.1) is 0 Å². The maximum absolute atomic E-state index is 10.7. The van der Waals surface area contributed by atoms with Gasteiger partial charge in [-0.3, -0.25) is 0 Å². The van der Waals surface area contributed by atoms with Crippen LogP contribution in [0.15, 0.2) is 12.3 Å². The molecule has 0 radical (unpaired) electrons. The SMILES string of the molecule is O=C(O)c1ccnc(NCC2CCCCS2)n1. The van der Waals surface area contributed by atoms with Crippen LogP contribution in [0.2, 0.25) is 0 Å². The number of carboxylic acid groups (broad SMARTS) is 1. The Labute approximate surface area is 104 Å². The molecule has 0 saturated carbocycles. The van der Waals surface area contributed by atoms with E-state index < -0.39 is 5.97 Å². The number of thioether (sulfide) groups is 1. The predicted molar refractivity (Wildman–Crippen MR) is 67.6 cm³/mol. The summed E-state index contributed by atoms with van der Waals surface area (Å²) in [6.45, 7) is 0.799. The number of aromatic nitrogens is 2. The molecule has 1 aliphatic rings. The largest absolute Gasteiger partial charge is 0.477 e. The van der Waals surface area contributed by atoms with Gasteiger partial charge in [-0.2, -0.15) is 11.8 Å². The second-order valence-corrected chi connectivity index (χ2v) is 5.35. The molecule has 0 aliphatic carbocycles. The molecule has 2 N–H and O–H groups in total. The molecule has 92 valence electrons. The fourth-order valence-corrected chi connectivity index (χ4v) is 2.98. The Morgan fingerprint density at radius 1 is 1.59 bits per heavy atom. The zero-order chi connectivity index (χ0) is 12.1. The van der Waals surface area contributed by atoms with Crippen molar-refractivity contribution < 1.29 is 9.90 Å². The van der Waals surface area contributed by atoms with E-state index in [1.807, 2.05) is 11.8 Å². The van der Waals surface area contributed by atoms with E-state index in [1.165, 1.54) is 37.3 Å². The first-order valence-electron chi connectivity index (χ1n) is 5.67. The van der Waals surface area contributed by atoms with Crippen LogP contribution >= 0.6 is 11.8 Å². The first-order chi connectivity index (χ1) is 8.25. The minimum atomic E-state index is -1.03. The summed E-state index contributed by atoms with van der Waals surface area (Å²) >= 11 is 1.96. The monoisotopic (exact) mass is 253 g/mol. The van der Waals surface area contributed by atoms with Crippen LogP contribution in [0.4, 0.5) is 5.95 Å². The zero-order valence-electron chi connectivity index (χ0n) is 9.43. The van der Waals surface area contributed by atoms with Crippen LogP contribution in [0.1, 0.15) is 29.8 Å². The highest BCUT2D eigenvalue weighted by atomic mass is 32.2. The third-order valence-corrected chi connectivity index (χ3v) is 4.03. The number of hydrogen-bond donors (Lipinski definition) is 2. The Bertz CT molecular complexity index is 394. The molecular formula is C11H15N3O2S. The van der Waals surface area contributed by atoms with Gasteiger partial charge in [0, 0.05) is 18.0 Å². The third kappa shape index (κ3) is 3.59. The van der Waals surface area contributed by atoms with Crippen LogP contribution in [0.3, 0.4) is 0 Å². The summed E-state index contributed by atoms with van der Waals surface area (Å²) in [7, 11) is 0. The Morgan fingerprint density at radius 3 is 3.18 bits per heavy atom. The average Bonchev–Trinajstić information content (AvgIpc) is 2.38. The van der Waals surface area contributed by atoms with Gasteiger partial charge in [0.2, 0.25) is 5.95 Å². The maximum atomic E-state index is 10.7. The molecule has 2 heterocycles. The lowest BCUT2D eigenvalue weighted by Gasteiger charge is -2.21. The van der Waals surface area contributed by atoms with Crippen molar-refractivity contribution in [3.05, 3.63) is 18.0 Å². The Balaban J connectivity index is 1.89. The van der Waals surface area contributed by atoms with E-state index in [9.17, 15) is 4.79 Å². The van der Waals surface area contributed by atoms with Crippen LogP contribution in [0.25, 0.3) is 0 Å². The summed E-state index contributed by atoms with van der Waals surface area (Å²) in [5.41, 5.74) is 0.0267. The van der Waals surface area contributed by atoms with E-state index >= 15 is 0 Å². The standard InChI is InChI=1S/C11H15N3O2S/c15-10(16)9-4-5-12-11(14-9)13-7-8-3-1-2-6-17-8/h4-5,8H,1-3,6-7H2,(H,15,16)(H,12,13,14). The van der Waals surface area contributed by atoms with E-state index in [1.54, 1.807) is 0 Å². The summed E-state index contributed by atoms with van der Waals surface area (Å²) in [6, 6.07) is 1.39. The van der Waals surface area contributed by atoms with Crippen LogP contribution < -0.4 is 5.32 Å². The molecule has 0 spiro atoms. The topological polar surface area (TPSA) is 75.1 Å². The summed E-state index contributed by atoms with van der Waals surface area (Å²) < 4.78 is 0. The molecule has 6 heteroatoms. The van der Waals surface area contributed by atoms with Gasteiger partial charge in [0.15, 0.2) is 5.69 Å². The van der Waals surface area contributed by atoms with Crippen molar-refractivity contribution in [3.63, 3.8) is 0 Å². The Kier molecular flexibility index (Phi) is 4.19. The van der Waals surface area contributed by atoms with Crippen LogP contribution in [0, 0.1) is 0 Å². The van der Waals surface area contributed by atoms with Crippen LogP contribution in [-0.4, -0.2) is 38.6 Å². The number of carbonyl (C=O) groups is 1. The maximum Gasteiger partial charge on any atom is 0.354 e. The van der Waals surface area contributed by atoms with E-state index in [4.69, 9.17) is 5.11 Å². The lowest BCUT2D eigenvalue weighted by atomic mass is 10.2. The molecule has 1 fully saturated rings. The fourth-order valence-electron chi connectivity index (χ4n) is 1.74. The van der Waals surface area contributed by atoms with Crippen molar-refractivity contribution in [2.75, 3.05) is 17.6 Å². The number of carboxylic acids is 1. The smallest absolute Gasteiger partial charge is 0.354 e. The zero-order valence-corrected chi connectivity index (χ0v) is 10.2. The number of aromatic carboxylic acids is 1. The molecular weight excluding hydrogens is 238 g/mol. The van der Waals surface area contributed by atoms with Gasteiger partial charge >= 0.3 is 5.97 Å². The summed E-state index contributed by atoms with van der Waals surface area (Å²) in [5, 5.41) is 12.5. The molecule has 0 amide bonds. The number of rotatable bonds is 4. The molecule has 1 unspecified atom stereocenters. The molecule has 1 aromatic rings. The lowest BCUT2D eigenvalue weighted by molar-refractivity contribution is 0.0690. The molecule has 17 heavy (non-hydrogen) atoms. The van der Waals surface area contributed by atoms with Crippen molar-refractivity contribution >= 4 is 23.7 Å². The van der Waals surface area contributed by atoms with E-state index in [0.717, 1.165) is 6.54 Å². The highest BCUT2D eigenvalue weighted by Gasteiger charge is 2.14. The average molecular weight is 253 g/mol. The van der Waals surface area contributed by atoms with Gasteiger partial charge in [-0.05, 0) is 24.7 Å². The normalized spacial score (nSPS) is 19.9. The molecule has 2 rings (SSSR count). The lowest BCUT2D eigenvalue weighted by Crippen LogP contribution is -2.21. The van der Waals surface area contributed by atoms with Gasteiger partial charge < -0.3 is 10.4 Å². The van der Waals surface area contributed by atoms with Crippen molar-refractivity contribution in [1.29, 1.82) is 0 Å². The minimum absolute atomic E-state index is 0.0267. The fraction of sp³-hybridized carbons (Fsp3) is 0.545. The van der Waals surface area contributed by atoms with E-state index in [-0.39, 0.29) is 5.69 Å². The summed E-state index contributed by atoms with van der Waals surface area (Å²) in [6.07, 6.45) is 5.24. The molecule has 0 aromatic carbocycles. The van der Waals surface area contributed by atoms with Gasteiger partial charge in [0.05, 0.1) is 0 Å². The van der Waals surface area contributed by atoms with Crippen molar-refractivity contribution in [1.82, 2.24) is 9.97 Å². The van der Waals surface area contributed by atoms with Crippen molar-refractivity contribution in [3.8, 4) is 0 Å². The quantitative estimate of drug-likeness (QED) is 0.853. The molecule has 1 saturated heterocycles. The predicted octanol–water partition coefficient (Wildman–Crippen LogP) is 1.87. The van der Waals surface area contributed by atoms with Crippen LogP contribution in [0.5, 0.6) is 0 Å². The Hall–Kier alpha value is -1.30. The van der Waals surface area contributed by atoms with Gasteiger partial charge in [-0.1, -0.05) is 6.42 Å². The number of anilines is 1. The first-order valence-corrected chi connectivity index (χ1v) is 6.72. The van der Waals surface area contributed by atoms with Crippen molar-refractivity contribution in [2.24, 2.45) is 0 Å². The second-order valence-electron chi connectivity index (χ2n) is 3.94. The Morgan fingerprint density at radius 2 is 2.47 bits per heavy atom. The van der Waals surface area contributed by atoms with Gasteiger partial charge in [0.1, 0.15) is 0 Å². The highest BCUT2D eigenvalue weighted by molar-refractivity contribution is 7.99. The van der Waals surface area contributed by atoms with Crippen molar-refractivity contribution in [2.45, 2.75) is 24.5 Å². The molecule has 5 nitrogen and oxygen atoms in total. The van der Waals surface area contributed by atoms with Gasteiger partial charge in [0.25, 0.3) is 0 Å². The first kappa shape index (κ1) is 12.2. The molecule has 1 aliphatic heterocycles. The van der Waals surface area contributed by atoms with E-state index in [0.29, 0.717) is 11.2 Å². The summed E-state index contributed by atoms with van der Waals surface area (Å²) in [4.78, 5) is 18.7. The van der Waals surface area contributed by atoms with Gasteiger partial charge in [-0.25, -0.2) is 14.8 Å². The second kappa shape index (κ2) is 5.86. The van der Waals surface area contributed by atoms with Crippen LogP contribution in [-0.2, 0) is 0 Å². The highest BCUT2D eigenvalue weighted by Crippen LogP contribution is 2.24. The third-order valence-electron chi connectivity index (χ3n) is 2.64. The molecule has 1 aromatic heterocycles. The molecule has 0 bridgehead atoms. The number of hydrogen-bond acceptors (Lipinski definition) is 5. The van der Waals surface area contributed by atoms with E-state index in [2.05, 4.69) is 15.3 Å². The summed E-state index contributed by atoms with van der Waals surface area (Å²) in [5.74, 6) is 0.584. The molecule has 1 atom stereocenters. The number of nitrogens with one attached hydrogen (secondary N) is 1. The minimum Gasteiger partial charge on any atom is -0.477 e.